The summed E-state index contributed by atoms with van der Waals surface area (Å²) in [5, 5.41) is 0. The van der Waals surface area contributed by atoms with Gasteiger partial charge in [-0.2, -0.15) is 0 Å². The molecule has 0 heterocycles. The lowest BCUT2D eigenvalue weighted by Crippen LogP contribution is -1.92. The Bertz CT molecular complexity index is 233. The van der Waals surface area contributed by atoms with E-state index in [2.05, 4.69) is 45.0 Å². The van der Waals surface area contributed by atoms with Crippen LogP contribution in [0.1, 0.15) is 50.2 Å². The number of aryl methyl sites for hydroxylation is 1. The van der Waals surface area contributed by atoms with Crippen LogP contribution in [0.4, 0.5) is 0 Å². The molecule has 0 nitrogen and oxygen atoms in total. The van der Waals surface area contributed by atoms with Gasteiger partial charge in [-0.15, -0.1) is 0 Å². The van der Waals surface area contributed by atoms with Crippen molar-refractivity contribution in [3.8, 4) is 0 Å². The molecule has 13 heavy (non-hydrogen) atoms. The fourth-order valence-electron chi connectivity index (χ4n) is 1.57. The third-order valence-corrected chi connectivity index (χ3v) is 2.64. The van der Waals surface area contributed by atoms with Gasteiger partial charge in [0.1, 0.15) is 0 Å². The van der Waals surface area contributed by atoms with Gasteiger partial charge in [-0.05, 0) is 24.8 Å². The minimum Gasteiger partial charge on any atom is -0.0654 e. The molecule has 0 bridgehead atoms. The molecule has 0 aromatic heterocycles. The molecule has 0 heteroatoms. The molecule has 0 aliphatic rings. The average molecular weight is 176 g/mol. The molecule has 0 spiro atoms. The van der Waals surface area contributed by atoms with Crippen molar-refractivity contribution in [1.29, 1.82) is 0 Å². The van der Waals surface area contributed by atoms with Gasteiger partial charge >= 0.3 is 0 Å². The predicted octanol–water partition coefficient (Wildman–Crippen LogP) is 4.29. The number of hydrogen-bond acceptors (Lipinski definition) is 0. The van der Waals surface area contributed by atoms with E-state index in [4.69, 9.17) is 0 Å². The van der Waals surface area contributed by atoms with Crippen LogP contribution in [-0.2, 0) is 0 Å². The third kappa shape index (κ3) is 3.22. The molecule has 0 N–H and O–H groups in total. The van der Waals surface area contributed by atoms with Gasteiger partial charge in [0.05, 0.1) is 0 Å². The second-order valence-electron chi connectivity index (χ2n) is 3.95. The zero-order valence-electron chi connectivity index (χ0n) is 9.01. The summed E-state index contributed by atoms with van der Waals surface area (Å²) in [5.74, 6) is 0.723. The van der Waals surface area contributed by atoms with Crippen LogP contribution in [0.2, 0.25) is 0 Å². The Labute approximate surface area is 82.0 Å². The Kier molecular flexibility index (Phi) is 4.01. The number of hydrogen-bond donors (Lipinski definition) is 0. The van der Waals surface area contributed by atoms with E-state index < -0.39 is 0 Å². The lowest BCUT2D eigenvalue weighted by molar-refractivity contribution is 0.624. The minimum atomic E-state index is 0.723. The molecule has 0 amide bonds. The zero-order chi connectivity index (χ0) is 9.68. The van der Waals surface area contributed by atoms with Gasteiger partial charge in [-0.1, -0.05) is 56.5 Å². The molecule has 1 rings (SSSR count). The van der Waals surface area contributed by atoms with E-state index in [0.29, 0.717) is 0 Å². The first-order valence-electron chi connectivity index (χ1n) is 5.30. The summed E-state index contributed by atoms with van der Waals surface area (Å²) in [4.78, 5) is 0. The van der Waals surface area contributed by atoms with Crippen molar-refractivity contribution in [3.63, 3.8) is 0 Å². The number of unbranched alkanes of at least 4 members (excludes halogenated alkanes) is 1. The maximum atomic E-state index is 2.32. The summed E-state index contributed by atoms with van der Waals surface area (Å²) in [5.41, 5.74) is 2.84. The fraction of sp³-hybridized carbons (Fsp3) is 0.538. The topological polar surface area (TPSA) is 0 Å². The predicted molar refractivity (Wildman–Crippen MR) is 59.1 cm³/mol. The standard InChI is InChI=1S/C13H20/c1-4-5-6-12(3)13-9-7-11(2)8-10-13/h7-10,12H,4-6H2,1-3H3. The molecule has 1 unspecified atom stereocenters. The molecule has 0 aliphatic carbocycles. The van der Waals surface area contributed by atoms with Crippen molar-refractivity contribution in [1.82, 2.24) is 0 Å². The van der Waals surface area contributed by atoms with E-state index in [1.807, 2.05) is 0 Å². The largest absolute Gasteiger partial charge is 0.0654 e. The van der Waals surface area contributed by atoms with E-state index in [9.17, 15) is 0 Å². The smallest absolute Gasteiger partial charge is 0.0190 e. The molecule has 0 fully saturated rings. The summed E-state index contributed by atoms with van der Waals surface area (Å²) in [6.45, 7) is 6.71. The Morgan fingerprint density at radius 2 is 1.77 bits per heavy atom. The van der Waals surface area contributed by atoms with Crippen LogP contribution in [0.3, 0.4) is 0 Å². The molecular weight excluding hydrogens is 156 g/mol. The fourth-order valence-corrected chi connectivity index (χ4v) is 1.57. The highest BCUT2D eigenvalue weighted by Gasteiger charge is 2.03. The van der Waals surface area contributed by atoms with E-state index in [-0.39, 0.29) is 0 Å². The monoisotopic (exact) mass is 176 g/mol. The molecule has 1 aromatic carbocycles. The molecule has 72 valence electrons. The van der Waals surface area contributed by atoms with Crippen LogP contribution < -0.4 is 0 Å². The number of rotatable bonds is 4. The van der Waals surface area contributed by atoms with E-state index >= 15 is 0 Å². The van der Waals surface area contributed by atoms with Gasteiger partial charge in [0.25, 0.3) is 0 Å². The normalized spacial score (nSPS) is 12.8. The van der Waals surface area contributed by atoms with Crippen molar-refractivity contribution in [2.24, 2.45) is 0 Å². The van der Waals surface area contributed by atoms with Crippen LogP contribution in [0.15, 0.2) is 24.3 Å². The van der Waals surface area contributed by atoms with Crippen LogP contribution in [-0.4, -0.2) is 0 Å². The first-order valence-corrected chi connectivity index (χ1v) is 5.30. The van der Waals surface area contributed by atoms with Gasteiger partial charge in [-0.3, -0.25) is 0 Å². The van der Waals surface area contributed by atoms with Crippen molar-refractivity contribution in [3.05, 3.63) is 35.4 Å². The molecule has 1 aromatic rings. The molecule has 0 saturated heterocycles. The Morgan fingerprint density at radius 1 is 1.15 bits per heavy atom. The van der Waals surface area contributed by atoms with Gasteiger partial charge in [0.2, 0.25) is 0 Å². The van der Waals surface area contributed by atoms with E-state index in [0.717, 1.165) is 5.92 Å². The van der Waals surface area contributed by atoms with E-state index in [1.165, 1.54) is 30.4 Å². The molecule has 0 radical (unpaired) electrons. The highest BCUT2D eigenvalue weighted by molar-refractivity contribution is 5.23. The first kappa shape index (κ1) is 10.3. The quantitative estimate of drug-likeness (QED) is 0.642. The Hall–Kier alpha value is -0.780. The third-order valence-electron chi connectivity index (χ3n) is 2.64. The summed E-state index contributed by atoms with van der Waals surface area (Å²) < 4.78 is 0. The molecule has 0 aliphatic heterocycles. The maximum Gasteiger partial charge on any atom is -0.0190 e. The molecule has 0 saturated carbocycles. The highest BCUT2D eigenvalue weighted by Crippen LogP contribution is 2.21. The summed E-state index contributed by atoms with van der Waals surface area (Å²) in [7, 11) is 0. The average Bonchev–Trinajstić information content (AvgIpc) is 2.15. The van der Waals surface area contributed by atoms with Crippen LogP contribution >= 0.6 is 0 Å². The zero-order valence-corrected chi connectivity index (χ0v) is 9.01. The van der Waals surface area contributed by atoms with Crippen molar-refractivity contribution >= 4 is 0 Å². The second-order valence-corrected chi connectivity index (χ2v) is 3.95. The minimum absolute atomic E-state index is 0.723. The lowest BCUT2D eigenvalue weighted by atomic mass is 9.95. The Balaban J connectivity index is 2.55. The summed E-state index contributed by atoms with van der Waals surface area (Å²) in [6.07, 6.45) is 3.96. The van der Waals surface area contributed by atoms with Crippen LogP contribution in [0.25, 0.3) is 0 Å². The van der Waals surface area contributed by atoms with Gasteiger partial charge in [-0.25, -0.2) is 0 Å². The summed E-state index contributed by atoms with van der Waals surface area (Å²) in [6, 6.07) is 8.93. The van der Waals surface area contributed by atoms with Crippen molar-refractivity contribution < 1.29 is 0 Å². The molecule has 1 atom stereocenters. The highest BCUT2D eigenvalue weighted by atomic mass is 14.1. The Morgan fingerprint density at radius 3 is 2.31 bits per heavy atom. The first-order chi connectivity index (χ1) is 6.24. The van der Waals surface area contributed by atoms with Gasteiger partial charge in [0, 0.05) is 0 Å². The van der Waals surface area contributed by atoms with Gasteiger partial charge in [0.15, 0.2) is 0 Å². The van der Waals surface area contributed by atoms with Crippen molar-refractivity contribution in [2.75, 3.05) is 0 Å². The second kappa shape index (κ2) is 5.06. The maximum absolute atomic E-state index is 2.32. The SMILES string of the molecule is CCCCC(C)c1ccc(C)cc1. The molecular formula is C13H20. The van der Waals surface area contributed by atoms with Gasteiger partial charge < -0.3 is 0 Å². The summed E-state index contributed by atoms with van der Waals surface area (Å²) >= 11 is 0. The van der Waals surface area contributed by atoms with Crippen molar-refractivity contribution in [2.45, 2.75) is 46.0 Å². The van der Waals surface area contributed by atoms with E-state index in [1.54, 1.807) is 0 Å². The van der Waals surface area contributed by atoms with Crippen LogP contribution in [0.5, 0.6) is 0 Å². The van der Waals surface area contributed by atoms with Crippen LogP contribution in [0, 0.1) is 6.92 Å². The lowest BCUT2D eigenvalue weighted by Gasteiger charge is -2.10. The number of benzene rings is 1.